The predicted molar refractivity (Wildman–Crippen MR) is 129 cm³/mol. The molecule has 6 rings (SSSR count). The van der Waals surface area contributed by atoms with E-state index >= 15 is 0 Å². The van der Waals surface area contributed by atoms with Crippen LogP contribution in [0.2, 0.25) is 0 Å². The lowest BCUT2D eigenvalue weighted by Crippen LogP contribution is -2.33. The van der Waals surface area contributed by atoms with Gasteiger partial charge in [-0.3, -0.25) is 0 Å². The van der Waals surface area contributed by atoms with Gasteiger partial charge < -0.3 is 14.8 Å². The van der Waals surface area contributed by atoms with E-state index in [-0.39, 0.29) is 5.97 Å². The first-order valence-corrected chi connectivity index (χ1v) is 11.2. The first-order chi connectivity index (χ1) is 16.1. The normalized spacial score (nSPS) is 17.6. The third kappa shape index (κ3) is 2.87. The second kappa shape index (κ2) is 7.24. The van der Waals surface area contributed by atoms with Crippen molar-refractivity contribution in [3.8, 4) is 11.5 Å². The van der Waals surface area contributed by atoms with Crippen molar-refractivity contribution in [1.82, 2.24) is 0 Å². The first-order valence-electron chi connectivity index (χ1n) is 11.2. The van der Waals surface area contributed by atoms with Gasteiger partial charge in [0, 0.05) is 34.1 Å². The highest BCUT2D eigenvalue weighted by Crippen LogP contribution is 2.56. The van der Waals surface area contributed by atoms with Crippen molar-refractivity contribution in [3.63, 3.8) is 0 Å². The number of para-hydroxylation sites is 1. The van der Waals surface area contributed by atoms with Crippen LogP contribution in [-0.4, -0.2) is 5.97 Å². The van der Waals surface area contributed by atoms with E-state index < -0.39 is 5.60 Å². The highest BCUT2D eigenvalue weighted by atomic mass is 16.6. The molecule has 2 heterocycles. The molecule has 1 atom stereocenters. The average Bonchev–Trinajstić information content (AvgIpc) is 3.13. The molecular formula is C29H23NO3. The lowest BCUT2D eigenvalue weighted by Gasteiger charge is -2.37. The quantitative estimate of drug-likeness (QED) is 0.358. The van der Waals surface area contributed by atoms with Gasteiger partial charge in [-0.05, 0) is 60.9 Å². The number of benzene rings is 4. The molecule has 4 aromatic carbocycles. The summed E-state index contributed by atoms with van der Waals surface area (Å²) in [4.78, 5) is 13.0. The highest BCUT2D eigenvalue weighted by Gasteiger charge is 2.53. The lowest BCUT2D eigenvalue weighted by molar-refractivity contribution is 0.0224. The van der Waals surface area contributed by atoms with Crippen LogP contribution in [0.5, 0.6) is 11.5 Å². The maximum absolute atomic E-state index is 13.0. The largest absolute Gasteiger partial charge is 0.456 e. The van der Waals surface area contributed by atoms with Crippen LogP contribution in [0, 0.1) is 6.92 Å². The number of ether oxygens (including phenoxy) is 2. The molecule has 0 fully saturated rings. The summed E-state index contributed by atoms with van der Waals surface area (Å²) in [5.74, 6) is 1.07. The third-order valence-electron chi connectivity index (χ3n) is 6.61. The maximum atomic E-state index is 13.0. The minimum absolute atomic E-state index is 0.312. The Hall–Kier alpha value is -4.05. The van der Waals surface area contributed by atoms with Crippen LogP contribution in [0.25, 0.3) is 0 Å². The fourth-order valence-corrected chi connectivity index (χ4v) is 4.89. The van der Waals surface area contributed by atoms with Crippen LogP contribution >= 0.6 is 0 Å². The molecule has 0 bridgehead atoms. The summed E-state index contributed by atoms with van der Waals surface area (Å²) in [5.41, 5.74) is 6.39. The molecule has 2 aliphatic heterocycles. The van der Waals surface area contributed by atoms with Crippen LogP contribution in [-0.2, 0) is 16.8 Å². The van der Waals surface area contributed by atoms with Gasteiger partial charge in [0.05, 0.1) is 5.56 Å². The second-order valence-corrected chi connectivity index (χ2v) is 8.55. The van der Waals surface area contributed by atoms with Gasteiger partial charge in [-0.15, -0.1) is 0 Å². The molecule has 1 unspecified atom stereocenters. The minimum Gasteiger partial charge on any atom is -0.456 e. The Morgan fingerprint density at radius 1 is 0.818 bits per heavy atom. The van der Waals surface area contributed by atoms with Gasteiger partial charge >= 0.3 is 5.97 Å². The SMILES string of the molecule is CCc1ccc2c(c1)C1(OC(=O)c3ccccc31)c1ccc(Nc3ccccc3C)cc1O2. The van der Waals surface area contributed by atoms with Gasteiger partial charge in [0.15, 0.2) is 5.60 Å². The number of aryl methyl sites for hydroxylation is 2. The average molecular weight is 434 g/mol. The molecule has 0 saturated carbocycles. The van der Waals surface area contributed by atoms with Crippen LogP contribution < -0.4 is 10.1 Å². The molecule has 1 N–H and O–H groups in total. The Morgan fingerprint density at radius 2 is 1.64 bits per heavy atom. The van der Waals surface area contributed by atoms with Crippen LogP contribution in [0.4, 0.5) is 11.4 Å². The Kier molecular flexibility index (Phi) is 4.31. The first kappa shape index (κ1) is 19.6. The molecule has 4 aromatic rings. The molecule has 2 aliphatic rings. The molecule has 33 heavy (non-hydrogen) atoms. The topological polar surface area (TPSA) is 47.6 Å². The summed E-state index contributed by atoms with van der Waals surface area (Å²) < 4.78 is 12.6. The van der Waals surface area contributed by atoms with E-state index in [1.54, 1.807) is 0 Å². The van der Waals surface area contributed by atoms with Gasteiger partial charge in [-0.25, -0.2) is 4.79 Å². The lowest BCUT2D eigenvalue weighted by atomic mass is 9.77. The van der Waals surface area contributed by atoms with Crippen molar-refractivity contribution in [2.24, 2.45) is 0 Å². The summed E-state index contributed by atoms with van der Waals surface area (Å²) in [6.45, 7) is 4.19. The smallest absolute Gasteiger partial charge is 0.340 e. The summed E-state index contributed by atoms with van der Waals surface area (Å²) in [6, 6.07) is 27.9. The molecule has 162 valence electrons. The molecule has 1 spiro atoms. The number of rotatable bonds is 3. The van der Waals surface area contributed by atoms with E-state index in [2.05, 4.69) is 37.4 Å². The zero-order chi connectivity index (χ0) is 22.6. The molecular weight excluding hydrogens is 410 g/mol. The summed E-state index contributed by atoms with van der Waals surface area (Å²) in [6.07, 6.45) is 0.880. The van der Waals surface area contributed by atoms with Gasteiger partial charge in [-0.2, -0.15) is 0 Å². The Morgan fingerprint density at radius 3 is 2.48 bits per heavy atom. The van der Waals surface area contributed by atoms with Crippen molar-refractivity contribution < 1.29 is 14.3 Å². The number of fused-ring (bicyclic) bond motifs is 6. The number of esters is 1. The van der Waals surface area contributed by atoms with E-state index in [0.29, 0.717) is 17.1 Å². The van der Waals surface area contributed by atoms with Crippen LogP contribution in [0.1, 0.15) is 45.1 Å². The molecule has 0 saturated heterocycles. The highest BCUT2D eigenvalue weighted by molar-refractivity contribution is 5.97. The summed E-state index contributed by atoms with van der Waals surface area (Å²) in [7, 11) is 0. The monoisotopic (exact) mass is 433 g/mol. The van der Waals surface area contributed by atoms with Gasteiger partial charge in [0.2, 0.25) is 0 Å². The van der Waals surface area contributed by atoms with Crippen molar-refractivity contribution >= 4 is 17.3 Å². The van der Waals surface area contributed by atoms with E-state index in [0.717, 1.165) is 40.0 Å². The van der Waals surface area contributed by atoms with Crippen molar-refractivity contribution in [3.05, 3.63) is 118 Å². The zero-order valence-corrected chi connectivity index (χ0v) is 18.5. The number of hydrogen-bond acceptors (Lipinski definition) is 4. The molecule has 0 aromatic heterocycles. The van der Waals surface area contributed by atoms with Crippen molar-refractivity contribution in [1.29, 1.82) is 0 Å². The molecule has 0 radical (unpaired) electrons. The maximum Gasteiger partial charge on any atom is 0.340 e. The van der Waals surface area contributed by atoms with E-state index in [1.807, 2.05) is 66.7 Å². The Balaban J connectivity index is 1.55. The third-order valence-corrected chi connectivity index (χ3v) is 6.61. The van der Waals surface area contributed by atoms with Gasteiger partial charge in [0.25, 0.3) is 0 Å². The Labute approximate surface area is 192 Å². The standard InChI is InChI=1S/C29H23NO3/c1-3-19-12-15-26-24(16-19)29(22-10-6-5-9-21(22)28(31)33-29)23-14-13-20(17-27(23)32-26)30-25-11-7-4-8-18(25)2/h4-17,30H,3H2,1-2H3. The summed E-state index contributed by atoms with van der Waals surface area (Å²) >= 11 is 0. The number of nitrogens with one attached hydrogen (secondary N) is 1. The molecule has 0 amide bonds. The van der Waals surface area contributed by atoms with E-state index in [4.69, 9.17) is 9.47 Å². The van der Waals surface area contributed by atoms with Crippen molar-refractivity contribution in [2.45, 2.75) is 25.9 Å². The zero-order valence-electron chi connectivity index (χ0n) is 18.5. The summed E-state index contributed by atoms with van der Waals surface area (Å²) in [5, 5.41) is 3.48. The van der Waals surface area contributed by atoms with E-state index in [9.17, 15) is 4.79 Å². The molecule has 4 nitrogen and oxygen atoms in total. The second-order valence-electron chi connectivity index (χ2n) is 8.55. The van der Waals surface area contributed by atoms with Crippen molar-refractivity contribution in [2.75, 3.05) is 5.32 Å². The van der Waals surface area contributed by atoms with Crippen LogP contribution in [0.3, 0.4) is 0 Å². The molecule has 4 heteroatoms. The fraction of sp³-hybridized carbons (Fsp3) is 0.138. The Bertz CT molecular complexity index is 1420. The van der Waals surface area contributed by atoms with Gasteiger partial charge in [0.1, 0.15) is 11.5 Å². The fourth-order valence-electron chi connectivity index (χ4n) is 4.89. The number of hydrogen-bond donors (Lipinski definition) is 1. The minimum atomic E-state index is -1.02. The number of carbonyl (C=O) groups excluding carboxylic acids is 1. The number of anilines is 2. The van der Waals surface area contributed by atoms with E-state index in [1.165, 1.54) is 5.56 Å². The van der Waals surface area contributed by atoms with Gasteiger partial charge in [-0.1, -0.05) is 49.4 Å². The predicted octanol–water partition coefficient (Wildman–Crippen LogP) is 6.87. The van der Waals surface area contributed by atoms with Crippen LogP contribution in [0.15, 0.2) is 84.9 Å². The number of carbonyl (C=O) groups is 1. The molecule has 0 aliphatic carbocycles.